The summed E-state index contributed by atoms with van der Waals surface area (Å²) in [6.07, 6.45) is 0. The fourth-order valence-corrected chi connectivity index (χ4v) is 2.79. The van der Waals surface area contributed by atoms with Gasteiger partial charge in [-0.3, -0.25) is 9.00 Å². The molecule has 2 aromatic carbocycles. The minimum atomic E-state index is -1.41. The Hall–Kier alpha value is -1.85. The molecule has 2 rings (SSSR count). The molecule has 0 aliphatic heterocycles. The van der Waals surface area contributed by atoms with E-state index in [0.717, 1.165) is 5.56 Å². The lowest BCUT2D eigenvalue weighted by atomic mass is 10.2. The molecule has 0 spiro atoms. The summed E-state index contributed by atoms with van der Waals surface area (Å²) in [5.41, 5.74) is 7.78. The molecule has 3 N–H and O–H groups in total. The van der Waals surface area contributed by atoms with Gasteiger partial charge >= 0.3 is 0 Å². The van der Waals surface area contributed by atoms with Crippen LogP contribution in [0.3, 0.4) is 0 Å². The molecule has 1 unspecified atom stereocenters. The lowest BCUT2D eigenvalue weighted by molar-refractivity contribution is -0.113. The number of aryl methyl sites for hydroxylation is 1. The van der Waals surface area contributed by atoms with Crippen LogP contribution in [-0.4, -0.2) is 15.9 Å². The minimum Gasteiger partial charge on any atom is -0.399 e. The quantitative estimate of drug-likeness (QED) is 0.850. The highest BCUT2D eigenvalue weighted by Gasteiger charge is 2.11. The number of nitrogens with two attached hydrogens (primary N) is 1. The van der Waals surface area contributed by atoms with Crippen molar-refractivity contribution < 1.29 is 9.00 Å². The second-order valence-electron chi connectivity index (χ2n) is 4.57. The Morgan fingerprint density at radius 2 is 1.90 bits per heavy atom. The Labute approximate surface area is 130 Å². The van der Waals surface area contributed by atoms with E-state index in [1.165, 1.54) is 0 Å². The van der Waals surface area contributed by atoms with Gasteiger partial charge in [0.15, 0.2) is 0 Å². The van der Waals surface area contributed by atoms with Gasteiger partial charge in [-0.05, 0) is 48.9 Å². The Kier molecular flexibility index (Phi) is 4.98. The van der Waals surface area contributed by atoms with E-state index < -0.39 is 10.8 Å². The summed E-state index contributed by atoms with van der Waals surface area (Å²) in [5.74, 6) is -0.437. The fraction of sp³-hybridized carbons (Fsp3) is 0.133. The van der Waals surface area contributed by atoms with Crippen LogP contribution in [0.25, 0.3) is 0 Å². The summed E-state index contributed by atoms with van der Waals surface area (Å²) >= 11 is 5.77. The molecule has 2 aromatic rings. The number of halogens is 1. The first-order valence-electron chi connectivity index (χ1n) is 6.25. The lowest BCUT2D eigenvalue weighted by Gasteiger charge is -2.09. The number of amides is 1. The van der Waals surface area contributed by atoms with Gasteiger partial charge in [0.05, 0.1) is 10.8 Å². The van der Waals surface area contributed by atoms with Crippen molar-refractivity contribution in [2.24, 2.45) is 0 Å². The molecule has 0 saturated heterocycles. The van der Waals surface area contributed by atoms with Crippen molar-refractivity contribution in [2.75, 3.05) is 16.8 Å². The highest BCUT2D eigenvalue weighted by atomic mass is 35.5. The van der Waals surface area contributed by atoms with Gasteiger partial charge in [0.1, 0.15) is 5.75 Å². The van der Waals surface area contributed by atoms with Gasteiger partial charge in [0.2, 0.25) is 5.91 Å². The maximum Gasteiger partial charge on any atom is 0.237 e. The van der Waals surface area contributed by atoms with Crippen molar-refractivity contribution in [2.45, 2.75) is 11.8 Å². The van der Waals surface area contributed by atoms with E-state index in [4.69, 9.17) is 17.3 Å². The number of anilines is 2. The van der Waals surface area contributed by atoms with E-state index in [9.17, 15) is 9.00 Å². The Balaban J connectivity index is 2.03. The molecule has 110 valence electrons. The number of rotatable bonds is 4. The van der Waals surface area contributed by atoms with E-state index in [0.29, 0.717) is 21.3 Å². The molecule has 0 saturated carbocycles. The van der Waals surface area contributed by atoms with E-state index in [2.05, 4.69) is 5.32 Å². The molecule has 0 heterocycles. The van der Waals surface area contributed by atoms with Crippen molar-refractivity contribution in [1.82, 2.24) is 0 Å². The van der Waals surface area contributed by atoms with Crippen LogP contribution >= 0.6 is 11.6 Å². The average molecular weight is 323 g/mol. The summed E-state index contributed by atoms with van der Waals surface area (Å²) in [4.78, 5) is 12.5. The number of carbonyl (C=O) groups is 1. The molecular weight excluding hydrogens is 308 g/mol. The van der Waals surface area contributed by atoms with Gasteiger partial charge in [0, 0.05) is 21.3 Å². The van der Waals surface area contributed by atoms with Crippen LogP contribution in [0.2, 0.25) is 5.02 Å². The molecule has 1 atom stereocenters. The average Bonchev–Trinajstić information content (AvgIpc) is 2.43. The summed E-state index contributed by atoms with van der Waals surface area (Å²) in [7, 11) is -1.41. The highest BCUT2D eigenvalue weighted by Crippen LogP contribution is 2.18. The Morgan fingerprint density at radius 3 is 2.57 bits per heavy atom. The van der Waals surface area contributed by atoms with Crippen molar-refractivity contribution in [3.63, 3.8) is 0 Å². The van der Waals surface area contributed by atoms with E-state index in [-0.39, 0.29) is 11.7 Å². The number of nitrogens with one attached hydrogen (secondary N) is 1. The van der Waals surface area contributed by atoms with E-state index in [1.54, 1.807) is 36.4 Å². The topological polar surface area (TPSA) is 72.2 Å². The summed E-state index contributed by atoms with van der Waals surface area (Å²) < 4.78 is 12.1. The van der Waals surface area contributed by atoms with E-state index >= 15 is 0 Å². The first-order chi connectivity index (χ1) is 9.95. The van der Waals surface area contributed by atoms with Crippen molar-refractivity contribution in [1.29, 1.82) is 0 Å². The van der Waals surface area contributed by atoms with Gasteiger partial charge in [-0.2, -0.15) is 0 Å². The molecular formula is C15H15ClN2O2S. The number of carbonyl (C=O) groups excluding carboxylic acids is 1. The molecule has 6 heteroatoms. The number of benzene rings is 2. The van der Waals surface area contributed by atoms with E-state index in [1.807, 2.05) is 13.0 Å². The van der Waals surface area contributed by atoms with Gasteiger partial charge in [-0.1, -0.05) is 17.7 Å². The zero-order valence-electron chi connectivity index (χ0n) is 11.4. The SMILES string of the molecule is Cc1ccc(N)cc1NC(=O)CS(=O)c1ccc(Cl)cc1. The zero-order valence-corrected chi connectivity index (χ0v) is 13.0. The fourth-order valence-electron chi connectivity index (χ4n) is 1.75. The third kappa shape index (κ3) is 4.31. The Bertz CT molecular complexity index is 687. The highest BCUT2D eigenvalue weighted by molar-refractivity contribution is 7.85. The van der Waals surface area contributed by atoms with Gasteiger partial charge in [-0.25, -0.2) is 0 Å². The molecule has 0 aliphatic rings. The molecule has 0 aliphatic carbocycles. The second kappa shape index (κ2) is 6.74. The smallest absolute Gasteiger partial charge is 0.237 e. The van der Waals surface area contributed by atoms with Crippen LogP contribution in [0, 0.1) is 6.92 Å². The number of hydrogen-bond donors (Lipinski definition) is 2. The molecule has 1 amide bonds. The molecule has 4 nitrogen and oxygen atoms in total. The first-order valence-corrected chi connectivity index (χ1v) is 7.95. The third-order valence-electron chi connectivity index (χ3n) is 2.87. The van der Waals surface area contributed by atoms with Gasteiger partial charge in [0.25, 0.3) is 0 Å². The van der Waals surface area contributed by atoms with Crippen molar-refractivity contribution in [3.05, 3.63) is 53.1 Å². The van der Waals surface area contributed by atoms with Gasteiger partial charge < -0.3 is 11.1 Å². The minimum absolute atomic E-state index is 0.115. The largest absolute Gasteiger partial charge is 0.399 e. The van der Waals surface area contributed by atoms with Crippen LogP contribution in [0.15, 0.2) is 47.4 Å². The predicted molar refractivity (Wildman–Crippen MR) is 86.9 cm³/mol. The maximum absolute atomic E-state index is 12.1. The van der Waals surface area contributed by atoms with Crippen molar-refractivity contribution in [3.8, 4) is 0 Å². The molecule has 21 heavy (non-hydrogen) atoms. The van der Waals surface area contributed by atoms with Gasteiger partial charge in [-0.15, -0.1) is 0 Å². The van der Waals surface area contributed by atoms with Crippen LogP contribution < -0.4 is 11.1 Å². The zero-order chi connectivity index (χ0) is 15.4. The van der Waals surface area contributed by atoms with Crippen LogP contribution in [0.5, 0.6) is 0 Å². The summed E-state index contributed by atoms with van der Waals surface area (Å²) in [5, 5.41) is 3.29. The maximum atomic E-state index is 12.1. The molecule has 0 fully saturated rings. The van der Waals surface area contributed by atoms with Crippen molar-refractivity contribution >= 4 is 39.7 Å². The summed E-state index contributed by atoms with van der Waals surface area (Å²) in [6, 6.07) is 11.9. The standard InChI is InChI=1S/C15H15ClN2O2S/c1-10-2-5-12(17)8-14(10)18-15(19)9-21(20)13-6-3-11(16)4-7-13/h2-8H,9,17H2,1H3,(H,18,19). The normalized spacial score (nSPS) is 11.9. The summed E-state index contributed by atoms with van der Waals surface area (Å²) in [6.45, 7) is 1.87. The monoisotopic (exact) mass is 322 g/mol. The Morgan fingerprint density at radius 1 is 1.24 bits per heavy atom. The molecule has 0 bridgehead atoms. The first kappa shape index (κ1) is 15.5. The molecule has 0 radical (unpaired) electrons. The third-order valence-corrected chi connectivity index (χ3v) is 4.45. The van der Waals surface area contributed by atoms with Crippen LogP contribution in [-0.2, 0) is 15.6 Å². The predicted octanol–water partition coefficient (Wildman–Crippen LogP) is 2.98. The van der Waals surface area contributed by atoms with Crippen LogP contribution in [0.1, 0.15) is 5.56 Å². The van der Waals surface area contributed by atoms with Crippen LogP contribution in [0.4, 0.5) is 11.4 Å². The number of hydrogen-bond acceptors (Lipinski definition) is 3. The molecule has 0 aromatic heterocycles. The number of nitrogen functional groups attached to an aromatic ring is 1. The lowest BCUT2D eigenvalue weighted by Crippen LogP contribution is -2.20. The second-order valence-corrected chi connectivity index (χ2v) is 6.45.